The number of non-ortho nitro benzene ring substituents is 1. The molecular weight excluding hydrogens is 292 g/mol. The number of nitrogens with one attached hydrogen (secondary N) is 1. The molecular formula is C15H15ClN2O3. The number of hydrogen-bond donors (Lipinski definition) is 1. The average Bonchev–Trinajstić information content (AvgIpc) is 2.48. The molecule has 0 saturated heterocycles. The number of benzene rings is 2. The van der Waals surface area contributed by atoms with Gasteiger partial charge in [-0.1, -0.05) is 11.6 Å². The molecule has 0 fully saturated rings. The predicted octanol–water partition coefficient (Wildman–Crippen LogP) is 4.26. The fourth-order valence-corrected chi connectivity index (χ4v) is 1.99. The Hall–Kier alpha value is -2.27. The van der Waals surface area contributed by atoms with E-state index in [1.54, 1.807) is 30.3 Å². The van der Waals surface area contributed by atoms with Gasteiger partial charge in [-0.15, -0.1) is 0 Å². The third-order valence-electron chi connectivity index (χ3n) is 2.87. The average molecular weight is 307 g/mol. The van der Waals surface area contributed by atoms with Crippen molar-refractivity contribution in [3.05, 3.63) is 63.2 Å². The number of rotatable bonds is 6. The Bertz CT molecular complexity index is 629. The second kappa shape index (κ2) is 6.95. The summed E-state index contributed by atoms with van der Waals surface area (Å²) in [6.07, 6.45) is 0. The van der Waals surface area contributed by atoms with Crippen LogP contribution in [-0.4, -0.2) is 11.5 Å². The molecule has 0 amide bonds. The van der Waals surface area contributed by atoms with E-state index in [4.69, 9.17) is 16.3 Å². The molecule has 0 bridgehead atoms. The van der Waals surface area contributed by atoms with Crippen LogP contribution in [-0.2, 0) is 6.61 Å². The highest BCUT2D eigenvalue weighted by molar-refractivity contribution is 6.30. The van der Waals surface area contributed by atoms with Crippen molar-refractivity contribution in [2.45, 2.75) is 13.5 Å². The van der Waals surface area contributed by atoms with Crippen LogP contribution in [0, 0.1) is 10.1 Å². The van der Waals surface area contributed by atoms with Crippen molar-refractivity contribution in [3.63, 3.8) is 0 Å². The highest BCUT2D eigenvalue weighted by Gasteiger charge is 2.11. The van der Waals surface area contributed by atoms with E-state index in [0.717, 1.165) is 17.8 Å². The minimum atomic E-state index is -0.415. The number of anilines is 1. The summed E-state index contributed by atoms with van der Waals surface area (Å²) in [4.78, 5) is 10.4. The normalized spacial score (nSPS) is 10.2. The molecule has 5 nitrogen and oxygen atoms in total. The van der Waals surface area contributed by atoms with Crippen molar-refractivity contribution in [1.29, 1.82) is 0 Å². The van der Waals surface area contributed by atoms with Gasteiger partial charge in [-0.2, -0.15) is 0 Å². The van der Waals surface area contributed by atoms with Gasteiger partial charge in [0.05, 0.1) is 4.92 Å². The summed E-state index contributed by atoms with van der Waals surface area (Å²) < 4.78 is 5.65. The molecule has 21 heavy (non-hydrogen) atoms. The summed E-state index contributed by atoms with van der Waals surface area (Å²) >= 11 is 5.81. The van der Waals surface area contributed by atoms with E-state index < -0.39 is 4.92 Å². The zero-order valence-electron chi connectivity index (χ0n) is 11.5. The van der Waals surface area contributed by atoms with Crippen LogP contribution in [0.1, 0.15) is 12.5 Å². The van der Waals surface area contributed by atoms with Gasteiger partial charge in [0.2, 0.25) is 0 Å². The summed E-state index contributed by atoms with van der Waals surface area (Å²) in [5.74, 6) is 0.661. The maximum absolute atomic E-state index is 10.9. The fraction of sp³-hybridized carbons (Fsp3) is 0.200. The van der Waals surface area contributed by atoms with Crippen molar-refractivity contribution in [1.82, 2.24) is 0 Å². The number of ether oxygens (including phenoxy) is 1. The first-order valence-corrected chi connectivity index (χ1v) is 6.87. The zero-order chi connectivity index (χ0) is 15.2. The van der Waals surface area contributed by atoms with Gasteiger partial charge in [-0.3, -0.25) is 10.1 Å². The third-order valence-corrected chi connectivity index (χ3v) is 3.13. The molecule has 2 aromatic carbocycles. The lowest BCUT2D eigenvalue weighted by Gasteiger charge is -2.12. The Morgan fingerprint density at radius 3 is 2.57 bits per heavy atom. The monoisotopic (exact) mass is 306 g/mol. The van der Waals surface area contributed by atoms with Gasteiger partial charge in [0.1, 0.15) is 12.4 Å². The van der Waals surface area contributed by atoms with E-state index in [-0.39, 0.29) is 12.3 Å². The van der Waals surface area contributed by atoms with E-state index in [1.807, 2.05) is 6.92 Å². The zero-order valence-corrected chi connectivity index (χ0v) is 12.3. The molecule has 0 aliphatic rings. The van der Waals surface area contributed by atoms with Gasteiger partial charge in [0.15, 0.2) is 0 Å². The van der Waals surface area contributed by atoms with Crippen molar-refractivity contribution in [3.8, 4) is 5.75 Å². The van der Waals surface area contributed by atoms with E-state index in [1.165, 1.54) is 12.1 Å². The predicted molar refractivity (Wildman–Crippen MR) is 83.0 cm³/mol. The molecule has 0 aliphatic heterocycles. The van der Waals surface area contributed by atoms with Crippen molar-refractivity contribution < 1.29 is 9.66 Å². The Labute approximate surface area is 127 Å². The molecule has 0 radical (unpaired) electrons. The first-order chi connectivity index (χ1) is 10.1. The highest BCUT2D eigenvalue weighted by atomic mass is 35.5. The number of nitro benzene ring substituents is 1. The van der Waals surface area contributed by atoms with Crippen LogP contribution < -0.4 is 10.1 Å². The Balaban J connectivity index is 2.17. The van der Waals surface area contributed by atoms with Gasteiger partial charge >= 0.3 is 0 Å². The second-order valence-corrected chi connectivity index (χ2v) is 4.81. The lowest BCUT2D eigenvalue weighted by atomic mass is 10.1. The van der Waals surface area contributed by atoms with Crippen LogP contribution in [0.5, 0.6) is 5.75 Å². The molecule has 0 unspecified atom stereocenters. The molecule has 0 heterocycles. The Morgan fingerprint density at radius 2 is 1.95 bits per heavy atom. The Kier molecular flexibility index (Phi) is 5.00. The van der Waals surface area contributed by atoms with Crippen molar-refractivity contribution >= 4 is 23.0 Å². The van der Waals surface area contributed by atoms with Gasteiger partial charge in [-0.05, 0) is 37.3 Å². The SMILES string of the molecule is CCNc1ccc([N+](=O)[O-])cc1COc1ccc(Cl)cc1. The van der Waals surface area contributed by atoms with Crippen LogP contribution >= 0.6 is 11.6 Å². The lowest BCUT2D eigenvalue weighted by Crippen LogP contribution is -2.04. The van der Waals surface area contributed by atoms with E-state index in [9.17, 15) is 10.1 Å². The standard InChI is InChI=1S/C15H15ClN2O3/c1-2-17-15-8-5-13(18(19)20)9-11(15)10-21-14-6-3-12(16)4-7-14/h3-9,17H,2,10H2,1H3. The second-order valence-electron chi connectivity index (χ2n) is 4.37. The first-order valence-electron chi connectivity index (χ1n) is 6.49. The molecule has 1 N–H and O–H groups in total. The van der Waals surface area contributed by atoms with E-state index in [2.05, 4.69) is 5.32 Å². The molecule has 0 atom stereocenters. The number of halogens is 1. The van der Waals surface area contributed by atoms with Gasteiger partial charge in [0.25, 0.3) is 5.69 Å². The molecule has 0 saturated carbocycles. The van der Waals surface area contributed by atoms with Crippen LogP contribution in [0.25, 0.3) is 0 Å². The largest absolute Gasteiger partial charge is 0.489 e. The molecule has 2 aromatic rings. The third kappa shape index (κ3) is 4.10. The molecule has 0 aromatic heterocycles. The van der Waals surface area contributed by atoms with Crippen molar-refractivity contribution in [2.75, 3.05) is 11.9 Å². The minimum Gasteiger partial charge on any atom is -0.489 e. The number of nitrogens with zero attached hydrogens (tertiary/aromatic N) is 1. The van der Waals surface area contributed by atoms with Gasteiger partial charge in [0, 0.05) is 35.0 Å². The molecule has 0 spiro atoms. The van der Waals surface area contributed by atoms with Crippen LogP contribution in [0.2, 0.25) is 5.02 Å². The Morgan fingerprint density at radius 1 is 1.24 bits per heavy atom. The summed E-state index contributed by atoms with van der Waals surface area (Å²) in [5, 5.41) is 14.7. The molecule has 2 rings (SSSR count). The van der Waals surface area contributed by atoms with Crippen LogP contribution in [0.3, 0.4) is 0 Å². The lowest BCUT2D eigenvalue weighted by molar-refractivity contribution is -0.384. The summed E-state index contributed by atoms with van der Waals surface area (Å²) in [7, 11) is 0. The maximum Gasteiger partial charge on any atom is 0.269 e. The highest BCUT2D eigenvalue weighted by Crippen LogP contribution is 2.24. The van der Waals surface area contributed by atoms with E-state index in [0.29, 0.717) is 10.8 Å². The summed E-state index contributed by atoms with van der Waals surface area (Å²) in [6.45, 7) is 2.93. The van der Waals surface area contributed by atoms with Crippen LogP contribution in [0.4, 0.5) is 11.4 Å². The quantitative estimate of drug-likeness (QED) is 0.640. The van der Waals surface area contributed by atoms with Gasteiger partial charge in [-0.25, -0.2) is 0 Å². The number of nitro groups is 1. The minimum absolute atomic E-state index is 0.0476. The maximum atomic E-state index is 10.9. The molecule has 6 heteroatoms. The smallest absolute Gasteiger partial charge is 0.269 e. The van der Waals surface area contributed by atoms with Gasteiger partial charge < -0.3 is 10.1 Å². The molecule has 110 valence electrons. The van der Waals surface area contributed by atoms with Crippen LogP contribution in [0.15, 0.2) is 42.5 Å². The summed E-state index contributed by atoms with van der Waals surface area (Å²) in [5.41, 5.74) is 1.62. The van der Waals surface area contributed by atoms with Crippen molar-refractivity contribution in [2.24, 2.45) is 0 Å². The van der Waals surface area contributed by atoms with E-state index >= 15 is 0 Å². The molecule has 0 aliphatic carbocycles. The topological polar surface area (TPSA) is 64.4 Å². The fourth-order valence-electron chi connectivity index (χ4n) is 1.87. The summed E-state index contributed by atoms with van der Waals surface area (Å²) in [6, 6.07) is 11.7. The first kappa shape index (κ1) is 15.1. The number of hydrogen-bond acceptors (Lipinski definition) is 4.